The fourth-order valence-electron chi connectivity index (χ4n) is 4.21. The highest BCUT2D eigenvalue weighted by molar-refractivity contribution is 5.11. The van der Waals surface area contributed by atoms with Crippen molar-refractivity contribution < 1.29 is 9.84 Å². The Bertz CT molecular complexity index is 329. The smallest absolute Gasteiger partial charge is 0.0897 e. The number of hydrogen-bond acceptors (Lipinski definition) is 3. The lowest BCUT2D eigenvalue weighted by Crippen LogP contribution is -2.40. The summed E-state index contributed by atoms with van der Waals surface area (Å²) in [7, 11) is 0. The van der Waals surface area contributed by atoms with Gasteiger partial charge in [-0.2, -0.15) is 0 Å². The van der Waals surface area contributed by atoms with Gasteiger partial charge in [-0.1, -0.05) is 34.6 Å². The first-order valence-electron chi connectivity index (χ1n) is 8.27. The first kappa shape index (κ1) is 16.3. The quantitative estimate of drug-likeness (QED) is 0.755. The van der Waals surface area contributed by atoms with Crippen LogP contribution in [0.15, 0.2) is 0 Å². The summed E-state index contributed by atoms with van der Waals surface area (Å²) in [5, 5.41) is 13.3. The molecule has 0 radical (unpaired) electrons. The molecule has 0 heterocycles. The van der Waals surface area contributed by atoms with E-state index in [2.05, 4.69) is 39.9 Å². The van der Waals surface area contributed by atoms with Crippen LogP contribution in [0.2, 0.25) is 0 Å². The van der Waals surface area contributed by atoms with E-state index in [0.29, 0.717) is 36.0 Å². The van der Waals surface area contributed by atoms with E-state index in [1.807, 2.05) is 0 Å². The second-order valence-corrected chi connectivity index (χ2v) is 8.14. The lowest BCUT2D eigenvalue weighted by molar-refractivity contribution is -0.0742. The zero-order valence-corrected chi connectivity index (χ0v) is 13.9. The lowest BCUT2D eigenvalue weighted by atomic mass is 9.70. The number of aliphatic hydroxyl groups excluding tert-OH is 1. The molecule has 2 bridgehead atoms. The summed E-state index contributed by atoms with van der Waals surface area (Å²) in [6.45, 7) is 13.6. The minimum absolute atomic E-state index is 0.294. The molecule has 0 aromatic carbocycles. The predicted molar refractivity (Wildman–Crippen MR) is 82.7 cm³/mol. The second kappa shape index (κ2) is 5.94. The maximum atomic E-state index is 10.0. The fraction of sp³-hybridized carbons (Fsp3) is 1.00. The van der Waals surface area contributed by atoms with Crippen molar-refractivity contribution in [3.63, 3.8) is 0 Å². The Morgan fingerprint density at radius 3 is 2.45 bits per heavy atom. The zero-order valence-electron chi connectivity index (χ0n) is 13.9. The average molecular weight is 283 g/mol. The van der Waals surface area contributed by atoms with Gasteiger partial charge in [0.15, 0.2) is 0 Å². The normalized spacial score (nSPS) is 36.8. The molecule has 3 nitrogen and oxygen atoms in total. The van der Waals surface area contributed by atoms with E-state index < -0.39 is 0 Å². The molecule has 2 saturated carbocycles. The maximum Gasteiger partial charge on any atom is 0.0897 e. The van der Waals surface area contributed by atoms with Crippen LogP contribution in [0.25, 0.3) is 0 Å². The van der Waals surface area contributed by atoms with Crippen molar-refractivity contribution in [3.8, 4) is 0 Å². The van der Waals surface area contributed by atoms with Crippen LogP contribution in [0.1, 0.15) is 53.9 Å². The molecule has 0 aliphatic heterocycles. The molecule has 0 aromatic heterocycles. The van der Waals surface area contributed by atoms with Crippen molar-refractivity contribution in [2.75, 3.05) is 19.7 Å². The molecule has 0 amide bonds. The molecule has 0 spiro atoms. The van der Waals surface area contributed by atoms with Crippen molar-refractivity contribution in [2.24, 2.45) is 22.7 Å². The van der Waals surface area contributed by atoms with E-state index in [1.165, 1.54) is 19.3 Å². The molecule has 0 unspecified atom stereocenters. The van der Waals surface area contributed by atoms with Gasteiger partial charge in [-0.05, 0) is 48.5 Å². The highest BCUT2D eigenvalue weighted by Gasteiger charge is 2.61. The number of rotatable bonds is 7. The molecule has 3 heteroatoms. The third-order valence-corrected chi connectivity index (χ3v) is 6.14. The summed E-state index contributed by atoms with van der Waals surface area (Å²) in [4.78, 5) is 0. The monoisotopic (exact) mass is 283 g/mol. The summed E-state index contributed by atoms with van der Waals surface area (Å²) in [6.07, 6.45) is 3.74. The summed E-state index contributed by atoms with van der Waals surface area (Å²) in [5.74, 6) is 1.42. The van der Waals surface area contributed by atoms with Crippen LogP contribution in [0.5, 0.6) is 0 Å². The van der Waals surface area contributed by atoms with Gasteiger partial charge >= 0.3 is 0 Å². The predicted octanol–water partition coefficient (Wildman–Crippen LogP) is 2.82. The summed E-state index contributed by atoms with van der Waals surface area (Å²) in [6, 6.07) is 0. The van der Waals surface area contributed by atoms with Gasteiger partial charge < -0.3 is 15.2 Å². The Balaban J connectivity index is 1.75. The molecule has 4 atom stereocenters. The number of aliphatic hydroxyl groups is 1. The van der Waals surface area contributed by atoms with E-state index in [0.717, 1.165) is 12.5 Å². The van der Waals surface area contributed by atoms with Crippen LogP contribution in [0.4, 0.5) is 0 Å². The molecular weight excluding hydrogens is 250 g/mol. The SMILES string of the molecule is CC(C)CNC[C@@H](O)CO[C@@H]1C[C@H]2CC[C@@]1(C)C2(C)C. The highest BCUT2D eigenvalue weighted by Crippen LogP contribution is 2.66. The standard InChI is InChI=1S/C17H33NO2/c1-12(2)9-18-10-14(19)11-20-15-8-13-6-7-17(15,5)16(13,3)4/h12-15,18-19H,6-11H2,1-5H3/t13-,14-,15-,17-/m1/s1. The van der Waals surface area contributed by atoms with Crippen molar-refractivity contribution in [3.05, 3.63) is 0 Å². The molecule has 2 aliphatic carbocycles. The molecule has 20 heavy (non-hydrogen) atoms. The van der Waals surface area contributed by atoms with E-state index in [1.54, 1.807) is 0 Å². The van der Waals surface area contributed by atoms with Crippen molar-refractivity contribution in [1.29, 1.82) is 0 Å². The van der Waals surface area contributed by atoms with Crippen LogP contribution in [-0.2, 0) is 4.74 Å². The lowest BCUT2D eigenvalue weighted by Gasteiger charge is -2.39. The number of hydrogen-bond donors (Lipinski definition) is 2. The molecule has 2 rings (SSSR count). The molecule has 0 aromatic rings. The first-order chi connectivity index (χ1) is 9.27. The van der Waals surface area contributed by atoms with E-state index in [-0.39, 0.29) is 6.10 Å². The van der Waals surface area contributed by atoms with E-state index in [4.69, 9.17) is 4.74 Å². The largest absolute Gasteiger partial charge is 0.389 e. The third kappa shape index (κ3) is 2.90. The Hall–Kier alpha value is -0.120. The van der Waals surface area contributed by atoms with Gasteiger partial charge in [0.05, 0.1) is 18.8 Å². The Morgan fingerprint density at radius 2 is 1.95 bits per heavy atom. The van der Waals surface area contributed by atoms with Crippen molar-refractivity contribution in [1.82, 2.24) is 5.32 Å². The molecule has 0 saturated heterocycles. The minimum Gasteiger partial charge on any atom is -0.389 e. The molecule has 2 N–H and O–H groups in total. The first-order valence-corrected chi connectivity index (χ1v) is 8.27. The molecule has 2 aliphatic rings. The number of ether oxygens (including phenoxy) is 1. The number of fused-ring (bicyclic) bond motifs is 2. The fourth-order valence-corrected chi connectivity index (χ4v) is 4.21. The van der Waals surface area contributed by atoms with Crippen LogP contribution in [-0.4, -0.2) is 37.0 Å². The highest BCUT2D eigenvalue weighted by atomic mass is 16.5. The summed E-state index contributed by atoms with van der Waals surface area (Å²) >= 11 is 0. The Kier molecular flexibility index (Phi) is 4.83. The van der Waals surface area contributed by atoms with Gasteiger partial charge in [-0.3, -0.25) is 0 Å². The topological polar surface area (TPSA) is 41.5 Å². The van der Waals surface area contributed by atoms with Gasteiger partial charge in [-0.25, -0.2) is 0 Å². The Labute approximate surface area is 124 Å². The second-order valence-electron chi connectivity index (χ2n) is 8.14. The average Bonchev–Trinajstić information content (AvgIpc) is 2.68. The molecule has 118 valence electrons. The van der Waals surface area contributed by atoms with E-state index in [9.17, 15) is 5.11 Å². The number of nitrogens with one attached hydrogen (secondary N) is 1. The third-order valence-electron chi connectivity index (χ3n) is 6.14. The van der Waals surface area contributed by atoms with Crippen LogP contribution < -0.4 is 5.32 Å². The van der Waals surface area contributed by atoms with Crippen molar-refractivity contribution >= 4 is 0 Å². The van der Waals surface area contributed by atoms with Gasteiger partial charge in [0.25, 0.3) is 0 Å². The Morgan fingerprint density at radius 1 is 1.25 bits per heavy atom. The van der Waals surface area contributed by atoms with Gasteiger partial charge in [-0.15, -0.1) is 0 Å². The van der Waals surface area contributed by atoms with Crippen LogP contribution in [0.3, 0.4) is 0 Å². The maximum absolute atomic E-state index is 10.0. The molecular formula is C17H33NO2. The summed E-state index contributed by atoms with van der Waals surface area (Å²) < 4.78 is 6.10. The van der Waals surface area contributed by atoms with Crippen molar-refractivity contribution in [2.45, 2.75) is 66.1 Å². The minimum atomic E-state index is -0.389. The zero-order chi connectivity index (χ0) is 15.0. The summed E-state index contributed by atoms with van der Waals surface area (Å²) in [5.41, 5.74) is 0.682. The van der Waals surface area contributed by atoms with Crippen LogP contribution in [0, 0.1) is 22.7 Å². The van der Waals surface area contributed by atoms with Crippen LogP contribution >= 0.6 is 0 Å². The molecule has 2 fully saturated rings. The van der Waals surface area contributed by atoms with Gasteiger partial charge in [0, 0.05) is 6.54 Å². The van der Waals surface area contributed by atoms with Gasteiger partial charge in [0.1, 0.15) is 0 Å². The van der Waals surface area contributed by atoms with E-state index >= 15 is 0 Å². The van der Waals surface area contributed by atoms with Gasteiger partial charge in [0.2, 0.25) is 0 Å².